The zero-order valence-electron chi connectivity index (χ0n) is 14.4. The van der Waals surface area contributed by atoms with Gasteiger partial charge in [-0.05, 0) is 42.4 Å². The number of hydrogen-bond acceptors (Lipinski definition) is 3. The molecule has 0 saturated heterocycles. The summed E-state index contributed by atoms with van der Waals surface area (Å²) in [6.45, 7) is 6.21. The molecule has 0 spiro atoms. The van der Waals surface area contributed by atoms with Crippen LogP contribution < -0.4 is 4.74 Å². The molecule has 2 aromatic carbocycles. The van der Waals surface area contributed by atoms with Gasteiger partial charge in [0.2, 0.25) is 0 Å². The van der Waals surface area contributed by atoms with Crippen molar-refractivity contribution in [2.75, 3.05) is 20.2 Å². The molecule has 0 aliphatic rings. The Labute approximate surface area is 142 Å². The summed E-state index contributed by atoms with van der Waals surface area (Å²) in [5, 5.41) is 11.2. The lowest BCUT2D eigenvalue weighted by Gasteiger charge is -2.30. The molecule has 24 heavy (non-hydrogen) atoms. The summed E-state index contributed by atoms with van der Waals surface area (Å²) >= 11 is 0. The van der Waals surface area contributed by atoms with Crippen LogP contribution in [0.25, 0.3) is 10.9 Å². The Morgan fingerprint density at radius 2 is 1.88 bits per heavy atom. The predicted octanol–water partition coefficient (Wildman–Crippen LogP) is 4.31. The monoisotopic (exact) mass is 324 g/mol. The average Bonchev–Trinajstić information content (AvgIpc) is 3.04. The van der Waals surface area contributed by atoms with Gasteiger partial charge in [-0.2, -0.15) is 0 Å². The first-order chi connectivity index (χ1) is 11.7. The highest BCUT2D eigenvalue weighted by atomic mass is 16.5. The maximum atomic E-state index is 9.93. The maximum Gasteiger partial charge on any atom is 0.160 e. The fraction of sp³-hybridized carbons (Fsp3) is 0.300. The van der Waals surface area contributed by atoms with E-state index in [2.05, 4.69) is 48.1 Å². The molecule has 0 saturated carbocycles. The lowest BCUT2D eigenvalue weighted by atomic mass is 9.96. The minimum absolute atomic E-state index is 0.102. The number of benzene rings is 2. The number of phenolic OH excluding ortho intramolecular Hbond substituents is 1. The van der Waals surface area contributed by atoms with Crippen LogP contribution in [0, 0.1) is 0 Å². The lowest BCUT2D eigenvalue weighted by Crippen LogP contribution is -2.29. The number of aromatic amines is 1. The van der Waals surface area contributed by atoms with Crippen LogP contribution >= 0.6 is 0 Å². The first-order valence-corrected chi connectivity index (χ1v) is 8.36. The number of aromatic nitrogens is 1. The largest absolute Gasteiger partial charge is 0.504 e. The molecule has 4 heteroatoms. The number of nitrogens with one attached hydrogen (secondary N) is 1. The van der Waals surface area contributed by atoms with Gasteiger partial charge in [0.05, 0.1) is 13.2 Å². The predicted molar refractivity (Wildman–Crippen MR) is 97.7 cm³/mol. The number of para-hydroxylation sites is 1. The molecule has 1 aromatic heterocycles. The summed E-state index contributed by atoms with van der Waals surface area (Å²) in [5.41, 5.74) is 3.48. The molecule has 1 atom stereocenters. The number of fused-ring (bicyclic) bond motifs is 1. The third kappa shape index (κ3) is 2.85. The molecule has 3 aromatic rings. The van der Waals surface area contributed by atoms with Gasteiger partial charge in [-0.3, -0.25) is 4.90 Å². The van der Waals surface area contributed by atoms with Gasteiger partial charge >= 0.3 is 0 Å². The van der Waals surface area contributed by atoms with Crippen molar-refractivity contribution in [3.63, 3.8) is 0 Å². The Morgan fingerprint density at radius 1 is 1.12 bits per heavy atom. The average molecular weight is 324 g/mol. The van der Waals surface area contributed by atoms with E-state index in [1.807, 2.05) is 18.2 Å². The van der Waals surface area contributed by atoms with E-state index < -0.39 is 0 Å². The molecule has 0 radical (unpaired) electrons. The Hall–Kier alpha value is -2.46. The number of methoxy groups -OCH3 is 1. The molecule has 3 rings (SSSR count). The summed E-state index contributed by atoms with van der Waals surface area (Å²) in [6, 6.07) is 14.1. The van der Waals surface area contributed by atoms with Crippen molar-refractivity contribution >= 4 is 10.9 Å². The maximum absolute atomic E-state index is 9.93. The Morgan fingerprint density at radius 3 is 2.58 bits per heavy atom. The van der Waals surface area contributed by atoms with Gasteiger partial charge in [-0.25, -0.2) is 0 Å². The first-order valence-electron chi connectivity index (χ1n) is 8.36. The van der Waals surface area contributed by atoms with Crippen LogP contribution in [-0.4, -0.2) is 35.2 Å². The van der Waals surface area contributed by atoms with Crippen LogP contribution in [0.5, 0.6) is 11.5 Å². The van der Waals surface area contributed by atoms with Gasteiger partial charge < -0.3 is 14.8 Å². The summed E-state index contributed by atoms with van der Waals surface area (Å²) in [7, 11) is 1.58. The minimum atomic E-state index is 0.102. The van der Waals surface area contributed by atoms with Crippen LogP contribution in [0.4, 0.5) is 0 Å². The van der Waals surface area contributed by atoms with E-state index in [0.29, 0.717) is 5.75 Å². The summed E-state index contributed by atoms with van der Waals surface area (Å²) in [6.07, 6.45) is 2.09. The molecular formula is C20H24N2O2. The van der Waals surface area contributed by atoms with Crippen LogP contribution in [-0.2, 0) is 0 Å². The highest BCUT2D eigenvalue weighted by Gasteiger charge is 2.24. The number of H-pyrrole nitrogens is 1. The second kappa shape index (κ2) is 6.97. The molecule has 4 nitrogen and oxygen atoms in total. The third-order valence-electron chi connectivity index (χ3n) is 4.61. The van der Waals surface area contributed by atoms with Gasteiger partial charge in [0.15, 0.2) is 11.5 Å². The molecule has 0 fully saturated rings. The smallest absolute Gasteiger partial charge is 0.160 e. The molecule has 0 aliphatic heterocycles. The topological polar surface area (TPSA) is 48.5 Å². The zero-order valence-corrected chi connectivity index (χ0v) is 14.4. The summed E-state index contributed by atoms with van der Waals surface area (Å²) in [4.78, 5) is 5.78. The molecule has 0 amide bonds. The Bertz CT molecular complexity index is 821. The van der Waals surface area contributed by atoms with Crippen molar-refractivity contribution in [3.05, 3.63) is 59.8 Å². The van der Waals surface area contributed by atoms with Crippen molar-refractivity contribution in [3.8, 4) is 11.5 Å². The number of aromatic hydroxyl groups is 1. The summed E-state index contributed by atoms with van der Waals surface area (Å²) in [5.74, 6) is 0.669. The first kappa shape index (κ1) is 16.4. The van der Waals surface area contributed by atoms with Crippen molar-refractivity contribution in [1.82, 2.24) is 9.88 Å². The molecule has 0 aliphatic carbocycles. The highest BCUT2D eigenvalue weighted by Crippen LogP contribution is 2.37. The van der Waals surface area contributed by atoms with Gasteiger partial charge in [-0.1, -0.05) is 38.1 Å². The number of ether oxygens (including phenoxy) is 1. The lowest BCUT2D eigenvalue weighted by molar-refractivity contribution is 0.251. The molecular weight excluding hydrogens is 300 g/mol. The van der Waals surface area contributed by atoms with Crippen LogP contribution in [0.1, 0.15) is 31.0 Å². The quantitative estimate of drug-likeness (QED) is 0.710. The summed E-state index contributed by atoms with van der Waals surface area (Å²) < 4.78 is 5.31. The molecule has 2 N–H and O–H groups in total. The zero-order chi connectivity index (χ0) is 17.1. The van der Waals surface area contributed by atoms with E-state index in [4.69, 9.17) is 4.74 Å². The molecule has 126 valence electrons. The van der Waals surface area contributed by atoms with Gasteiger partial charge in [-0.15, -0.1) is 0 Å². The van der Waals surface area contributed by atoms with E-state index in [1.165, 1.54) is 10.9 Å². The van der Waals surface area contributed by atoms with Gasteiger partial charge in [0, 0.05) is 17.1 Å². The second-order valence-electron chi connectivity index (χ2n) is 5.84. The van der Waals surface area contributed by atoms with Gasteiger partial charge in [0.25, 0.3) is 0 Å². The normalized spacial score (nSPS) is 12.7. The minimum Gasteiger partial charge on any atom is -0.504 e. The fourth-order valence-corrected chi connectivity index (χ4v) is 3.36. The van der Waals surface area contributed by atoms with Crippen molar-refractivity contribution < 1.29 is 9.84 Å². The van der Waals surface area contributed by atoms with Crippen molar-refractivity contribution in [1.29, 1.82) is 0 Å². The Kier molecular flexibility index (Phi) is 4.76. The number of hydrogen-bond donors (Lipinski definition) is 2. The third-order valence-corrected chi connectivity index (χ3v) is 4.61. The van der Waals surface area contributed by atoms with E-state index in [-0.39, 0.29) is 11.8 Å². The van der Waals surface area contributed by atoms with Crippen molar-refractivity contribution in [2.24, 2.45) is 0 Å². The van der Waals surface area contributed by atoms with E-state index in [0.717, 1.165) is 24.2 Å². The molecule has 0 bridgehead atoms. The number of phenols is 1. The van der Waals surface area contributed by atoms with Crippen molar-refractivity contribution in [2.45, 2.75) is 19.9 Å². The SMILES string of the molecule is CCN(CC)C(c1ccc(O)c(OC)c1)c1c[nH]c2ccccc12. The van der Waals surface area contributed by atoms with E-state index in [1.54, 1.807) is 13.2 Å². The molecule has 1 heterocycles. The number of rotatable bonds is 6. The van der Waals surface area contributed by atoms with Crippen LogP contribution in [0.3, 0.4) is 0 Å². The second-order valence-corrected chi connectivity index (χ2v) is 5.84. The van der Waals surface area contributed by atoms with Crippen LogP contribution in [0.15, 0.2) is 48.7 Å². The highest BCUT2D eigenvalue weighted by molar-refractivity contribution is 5.84. The Balaban J connectivity index is 2.17. The van der Waals surface area contributed by atoms with Gasteiger partial charge in [0.1, 0.15) is 0 Å². The number of nitrogens with zero attached hydrogens (tertiary/aromatic N) is 1. The molecule has 1 unspecified atom stereocenters. The van der Waals surface area contributed by atoms with E-state index >= 15 is 0 Å². The standard InChI is InChI=1S/C20H24N2O2/c1-4-22(5-2)20(14-10-11-18(23)19(12-14)24-3)16-13-21-17-9-7-6-8-15(16)17/h6-13,20-21,23H,4-5H2,1-3H3. The van der Waals surface area contributed by atoms with E-state index in [9.17, 15) is 5.11 Å². The fourth-order valence-electron chi connectivity index (χ4n) is 3.36. The van der Waals surface area contributed by atoms with Crippen LogP contribution in [0.2, 0.25) is 0 Å².